The zero-order chi connectivity index (χ0) is 11.5. The van der Waals surface area contributed by atoms with Gasteiger partial charge in [-0.05, 0) is 31.4 Å². The average molecular weight is 289 g/mol. The Morgan fingerprint density at radius 3 is 2.94 bits per heavy atom. The molecule has 1 aromatic carbocycles. The van der Waals surface area contributed by atoms with Crippen molar-refractivity contribution in [3.8, 4) is 0 Å². The minimum Gasteiger partial charge on any atom is -0.395 e. The Morgan fingerprint density at radius 2 is 2.25 bits per heavy atom. The van der Waals surface area contributed by atoms with E-state index in [4.69, 9.17) is 10.5 Å². The lowest BCUT2D eigenvalue weighted by Crippen LogP contribution is -2.27. The average Bonchev–Trinajstić information content (AvgIpc) is 2.27. The van der Waals surface area contributed by atoms with E-state index in [0.29, 0.717) is 10.2 Å². The number of benzene rings is 1. The molecule has 1 aromatic rings. The first-order chi connectivity index (χ1) is 7.66. The van der Waals surface area contributed by atoms with Crippen molar-refractivity contribution in [2.45, 2.75) is 25.5 Å². The molecule has 1 fully saturated rings. The molecule has 0 radical (unpaired) electrons. The summed E-state index contributed by atoms with van der Waals surface area (Å²) >= 11 is 3.24. The summed E-state index contributed by atoms with van der Waals surface area (Å²) in [5.74, 6) is -0.423. The van der Waals surface area contributed by atoms with Gasteiger partial charge in [0.25, 0.3) is 0 Å². The third-order valence-corrected chi connectivity index (χ3v) is 3.05. The minimum absolute atomic E-state index is 0.0650. The Balaban J connectivity index is 2.13. The van der Waals surface area contributed by atoms with Gasteiger partial charge in [0.1, 0.15) is 12.0 Å². The number of ether oxygens (including phenoxy) is 1. The Bertz CT molecular complexity index is 380. The van der Waals surface area contributed by atoms with Crippen LogP contribution in [0, 0.1) is 5.82 Å². The zero-order valence-electron chi connectivity index (χ0n) is 8.80. The maximum absolute atomic E-state index is 13.4. The summed E-state index contributed by atoms with van der Waals surface area (Å²) in [6, 6.07) is 3.11. The zero-order valence-corrected chi connectivity index (χ0v) is 10.4. The molecule has 5 heteroatoms. The maximum Gasteiger partial charge on any atom is 0.149 e. The summed E-state index contributed by atoms with van der Waals surface area (Å²) in [5, 5.41) is 3.11. The van der Waals surface area contributed by atoms with Gasteiger partial charge in [0.05, 0.1) is 11.4 Å². The Labute approximate surface area is 102 Å². The van der Waals surface area contributed by atoms with Gasteiger partial charge in [0, 0.05) is 11.1 Å². The van der Waals surface area contributed by atoms with Crippen LogP contribution in [0.2, 0.25) is 0 Å². The molecule has 1 saturated heterocycles. The van der Waals surface area contributed by atoms with Crippen LogP contribution in [0.3, 0.4) is 0 Å². The number of anilines is 2. The topological polar surface area (TPSA) is 47.3 Å². The van der Waals surface area contributed by atoms with Gasteiger partial charge in [0.2, 0.25) is 0 Å². The molecule has 1 heterocycles. The van der Waals surface area contributed by atoms with Gasteiger partial charge in [-0.1, -0.05) is 15.9 Å². The predicted octanol–water partition coefficient (Wildman–Crippen LogP) is 3.11. The normalized spacial score (nSPS) is 20.8. The molecule has 1 aliphatic rings. The van der Waals surface area contributed by atoms with Crippen molar-refractivity contribution in [1.29, 1.82) is 0 Å². The fourth-order valence-corrected chi connectivity index (χ4v) is 2.16. The SMILES string of the molecule is Nc1c(F)cc(Br)cc1NC1CCCCO1. The third-order valence-electron chi connectivity index (χ3n) is 2.59. The van der Waals surface area contributed by atoms with E-state index in [1.807, 2.05) is 0 Å². The second kappa shape index (κ2) is 5.01. The molecular formula is C11H14BrFN2O. The number of hydrogen-bond donors (Lipinski definition) is 2. The first-order valence-electron chi connectivity index (χ1n) is 5.29. The van der Waals surface area contributed by atoms with Crippen molar-refractivity contribution >= 4 is 27.3 Å². The van der Waals surface area contributed by atoms with E-state index >= 15 is 0 Å². The molecule has 3 N–H and O–H groups in total. The fraction of sp³-hybridized carbons (Fsp3) is 0.455. The van der Waals surface area contributed by atoms with Crippen molar-refractivity contribution in [2.75, 3.05) is 17.7 Å². The van der Waals surface area contributed by atoms with Crippen LogP contribution in [0.4, 0.5) is 15.8 Å². The molecule has 0 aliphatic carbocycles. The van der Waals surface area contributed by atoms with Crippen LogP contribution < -0.4 is 11.1 Å². The third kappa shape index (κ3) is 2.65. The maximum atomic E-state index is 13.4. The summed E-state index contributed by atoms with van der Waals surface area (Å²) in [4.78, 5) is 0. The van der Waals surface area contributed by atoms with E-state index in [2.05, 4.69) is 21.2 Å². The molecule has 0 aromatic heterocycles. The molecule has 1 unspecified atom stereocenters. The summed E-state index contributed by atoms with van der Waals surface area (Å²) in [7, 11) is 0. The smallest absolute Gasteiger partial charge is 0.149 e. The van der Waals surface area contributed by atoms with Gasteiger partial charge < -0.3 is 15.8 Å². The molecule has 1 aliphatic heterocycles. The standard InChI is InChI=1S/C11H14BrFN2O/c12-7-5-8(13)11(14)9(6-7)15-10-3-1-2-4-16-10/h5-6,10,15H,1-4,14H2. The summed E-state index contributed by atoms with van der Waals surface area (Å²) in [6.45, 7) is 0.744. The highest BCUT2D eigenvalue weighted by molar-refractivity contribution is 9.10. The Hall–Kier alpha value is -0.810. The molecule has 88 valence electrons. The quantitative estimate of drug-likeness (QED) is 0.822. The van der Waals surface area contributed by atoms with Gasteiger partial charge in [-0.25, -0.2) is 4.39 Å². The van der Waals surface area contributed by atoms with Gasteiger partial charge in [-0.15, -0.1) is 0 Å². The van der Waals surface area contributed by atoms with E-state index < -0.39 is 5.82 Å². The van der Waals surface area contributed by atoms with Crippen LogP contribution in [0.25, 0.3) is 0 Å². The molecule has 1 atom stereocenters. The van der Waals surface area contributed by atoms with Crippen molar-refractivity contribution < 1.29 is 9.13 Å². The van der Waals surface area contributed by atoms with Crippen LogP contribution in [-0.2, 0) is 4.74 Å². The lowest BCUT2D eigenvalue weighted by atomic mass is 10.1. The van der Waals surface area contributed by atoms with Crippen molar-refractivity contribution in [1.82, 2.24) is 0 Å². The summed E-state index contributed by atoms with van der Waals surface area (Å²) < 4.78 is 19.5. The summed E-state index contributed by atoms with van der Waals surface area (Å²) in [5.41, 5.74) is 6.37. The molecule has 2 rings (SSSR count). The van der Waals surface area contributed by atoms with E-state index in [0.717, 1.165) is 25.9 Å². The second-order valence-corrected chi connectivity index (χ2v) is 4.76. The van der Waals surface area contributed by atoms with Crippen LogP contribution in [0.1, 0.15) is 19.3 Å². The minimum atomic E-state index is -0.423. The monoisotopic (exact) mass is 288 g/mol. The number of hydrogen-bond acceptors (Lipinski definition) is 3. The van der Waals surface area contributed by atoms with Crippen molar-refractivity contribution in [3.05, 3.63) is 22.4 Å². The van der Waals surface area contributed by atoms with Gasteiger partial charge >= 0.3 is 0 Å². The molecular weight excluding hydrogens is 275 g/mol. The molecule has 0 spiro atoms. The highest BCUT2D eigenvalue weighted by atomic mass is 79.9. The van der Waals surface area contributed by atoms with Gasteiger partial charge in [-0.3, -0.25) is 0 Å². The highest BCUT2D eigenvalue weighted by Gasteiger charge is 2.15. The number of nitrogens with two attached hydrogens (primary N) is 1. The second-order valence-electron chi connectivity index (χ2n) is 3.85. The predicted molar refractivity (Wildman–Crippen MR) is 65.7 cm³/mol. The molecule has 3 nitrogen and oxygen atoms in total. The van der Waals surface area contributed by atoms with Crippen LogP contribution in [0.5, 0.6) is 0 Å². The van der Waals surface area contributed by atoms with E-state index in [1.165, 1.54) is 6.07 Å². The van der Waals surface area contributed by atoms with E-state index in [1.54, 1.807) is 6.07 Å². The first kappa shape index (κ1) is 11.7. The number of halogens is 2. The number of nitrogens with one attached hydrogen (secondary N) is 1. The number of nitrogen functional groups attached to an aromatic ring is 1. The van der Waals surface area contributed by atoms with Crippen LogP contribution in [0.15, 0.2) is 16.6 Å². The fourth-order valence-electron chi connectivity index (χ4n) is 1.73. The van der Waals surface area contributed by atoms with E-state index in [-0.39, 0.29) is 11.9 Å². The molecule has 0 amide bonds. The lowest BCUT2D eigenvalue weighted by molar-refractivity contribution is 0.0344. The lowest BCUT2D eigenvalue weighted by Gasteiger charge is -2.25. The largest absolute Gasteiger partial charge is 0.395 e. The van der Waals surface area contributed by atoms with Crippen molar-refractivity contribution in [3.63, 3.8) is 0 Å². The molecule has 16 heavy (non-hydrogen) atoms. The molecule has 0 saturated carbocycles. The Morgan fingerprint density at radius 1 is 1.44 bits per heavy atom. The first-order valence-corrected chi connectivity index (χ1v) is 6.09. The van der Waals surface area contributed by atoms with Crippen molar-refractivity contribution in [2.24, 2.45) is 0 Å². The summed E-state index contributed by atoms with van der Waals surface area (Å²) in [6.07, 6.45) is 3.06. The van der Waals surface area contributed by atoms with Crippen LogP contribution >= 0.6 is 15.9 Å². The van der Waals surface area contributed by atoms with Gasteiger partial charge in [-0.2, -0.15) is 0 Å². The van der Waals surface area contributed by atoms with Crippen LogP contribution in [-0.4, -0.2) is 12.8 Å². The van der Waals surface area contributed by atoms with E-state index in [9.17, 15) is 4.39 Å². The Kier molecular flexibility index (Phi) is 3.66. The molecule has 0 bridgehead atoms. The highest BCUT2D eigenvalue weighted by Crippen LogP contribution is 2.28. The number of rotatable bonds is 2. The van der Waals surface area contributed by atoms with Gasteiger partial charge in [0.15, 0.2) is 0 Å².